The van der Waals surface area contributed by atoms with Crippen molar-refractivity contribution in [1.82, 2.24) is 19.5 Å². The molecule has 0 atom stereocenters. The Morgan fingerprint density at radius 3 is 2.70 bits per heavy atom. The third-order valence-corrected chi connectivity index (χ3v) is 4.61. The van der Waals surface area contributed by atoms with Crippen molar-refractivity contribution in [3.63, 3.8) is 0 Å². The van der Waals surface area contributed by atoms with Crippen LogP contribution < -0.4 is 11.3 Å². The predicted molar refractivity (Wildman–Crippen MR) is 99.2 cm³/mol. The Kier molecular flexibility index (Phi) is 2.94. The fraction of sp³-hybridized carbons (Fsp3) is 0. The number of carbonyl (C=O) groups excluding carboxylic acids is 2. The number of fused-ring (bicyclic) bond motifs is 4. The molecule has 2 aromatic heterocycles. The van der Waals surface area contributed by atoms with Crippen molar-refractivity contribution in [2.75, 3.05) is 5.73 Å². The third-order valence-electron chi connectivity index (χ3n) is 4.61. The van der Waals surface area contributed by atoms with Crippen molar-refractivity contribution in [3.8, 4) is 0 Å². The Balaban J connectivity index is 1.91. The summed E-state index contributed by atoms with van der Waals surface area (Å²) in [5, 5.41) is 1.70. The molecule has 0 saturated carbocycles. The fourth-order valence-corrected chi connectivity index (χ4v) is 3.45. The Bertz CT molecular complexity index is 1390. The lowest BCUT2D eigenvalue weighted by atomic mass is 9.88. The Morgan fingerprint density at radius 2 is 1.85 bits per heavy atom. The van der Waals surface area contributed by atoms with Gasteiger partial charge in [0.05, 0.1) is 5.70 Å². The molecule has 0 aliphatic heterocycles. The average molecular weight is 357 g/mol. The number of allylic oxidation sites excluding steroid dienone is 1. The summed E-state index contributed by atoms with van der Waals surface area (Å²) in [5.74, 6) is -1.29. The van der Waals surface area contributed by atoms with Crippen LogP contribution in [-0.4, -0.2) is 31.1 Å². The lowest BCUT2D eigenvalue weighted by molar-refractivity contribution is -0.111. The molecule has 5 rings (SSSR count). The summed E-state index contributed by atoms with van der Waals surface area (Å²) in [7, 11) is 0. The minimum atomic E-state index is -0.658. The molecule has 8 nitrogen and oxygen atoms in total. The monoisotopic (exact) mass is 357 g/mol. The molecule has 0 saturated heterocycles. The topological polar surface area (TPSA) is 124 Å². The molecule has 0 spiro atoms. The van der Waals surface area contributed by atoms with Crippen LogP contribution >= 0.6 is 0 Å². The van der Waals surface area contributed by atoms with E-state index in [4.69, 9.17) is 5.73 Å². The molecule has 2 aromatic carbocycles. The van der Waals surface area contributed by atoms with Gasteiger partial charge in [-0.15, -0.1) is 0 Å². The molecule has 1 aliphatic carbocycles. The largest absolute Gasteiger partial charge is 0.369 e. The molecule has 130 valence electrons. The van der Waals surface area contributed by atoms with Crippen LogP contribution in [0.1, 0.15) is 15.9 Å². The maximum atomic E-state index is 12.4. The van der Waals surface area contributed by atoms with Crippen molar-refractivity contribution in [2.24, 2.45) is 0 Å². The summed E-state index contributed by atoms with van der Waals surface area (Å²) in [6.45, 7) is 0. The Labute approximate surface area is 151 Å². The quantitative estimate of drug-likeness (QED) is 0.498. The zero-order chi connectivity index (χ0) is 18.7. The van der Waals surface area contributed by atoms with Crippen LogP contribution in [0.25, 0.3) is 27.6 Å². The first-order chi connectivity index (χ1) is 13.0. The van der Waals surface area contributed by atoms with E-state index >= 15 is 0 Å². The van der Waals surface area contributed by atoms with Gasteiger partial charge in [0.1, 0.15) is 6.33 Å². The van der Waals surface area contributed by atoms with Gasteiger partial charge in [0.25, 0.3) is 5.56 Å². The summed E-state index contributed by atoms with van der Waals surface area (Å²) < 4.78 is 1.47. The molecule has 0 radical (unpaired) electrons. The molecule has 0 bridgehead atoms. The van der Waals surface area contributed by atoms with Gasteiger partial charge in [-0.3, -0.25) is 23.9 Å². The molecule has 0 fully saturated rings. The molecule has 4 aromatic rings. The van der Waals surface area contributed by atoms with Gasteiger partial charge < -0.3 is 5.73 Å². The van der Waals surface area contributed by atoms with Gasteiger partial charge in [-0.25, -0.2) is 4.98 Å². The van der Waals surface area contributed by atoms with E-state index in [1.165, 1.54) is 17.0 Å². The summed E-state index contributed by atoms with van der Waals surface area (Å²) >= 11 is 0. The van der Waals surface area contributed by atoms with Crippen molar-refractivity contribution in [2.45, 2.75) is 0 Å². The number of aromatic amines is 1. The van der Waals surface area contributed by atoms with Crippen molar-refractivity contribution >= 4 is 45.1 Å². The van der Waals surface area contributed by atoms with E-state index in [0.29, 0.717) is 11.3 Å². The SMILES string of the molecule is Nc1nc2ncn(C3=CC(=O)C(=O)c4ccc5ccccc5c43)c2c(=O)[nH]1. The van der Waals surface area contributed by atoms with Crippen LogP contribution in [0.4, 0.5) is 5.95 Å². The highest BCUT2D eigenvalue weighted by Gasteiger charge is 2.29. The second-order valence-corrected chi connectivity index (χ2v) is 6.17. The summed E-state index contributed by atoms with van der Waals surface area (Å²) in [5.41, 5.74) is 6.66. The van der Waals surface area contributed by atoms with E-state index in [9.17, 15) is 14.4 Å². The highest BCUT2D eigenvalue weighted by Crippen LogP contribution is 2.34. The summed E-state index contributed by atoms with van der Waals surface area (Å²) in [6, 6.07) is 10.9. The van der Waals surface area contributed by atoms with Crippen LogP contribution in [0.2, 0.25) is 0 Å². The average Bonchev–Trinajstić information content (AvgIpc) is 3.08. The molecule has 2 heterocycles. The Morgan fingerprint density at radius 1 is 1.04 bits per heavy atom. The number of ketones is 2. The van der Waals surface area contributed by atoms with Crippen molar-refractivity contribution < 1.29 is 9.59 Å². The predicted octanol–water partition coefficient (Wildman–Crippen LogP) is 1.51. The lowest BCUT2D eigenvalue weighted by Crippen LogP contribution is -2.22. The van der Waals surface area contributed by atoms with Crippen LogP contribution in [-0.2, 0) is 4.79 Å². The second-order valence-electron chi connectivity index (χ2n) is 6.17. The van der Waals surface area contributed by atoms with Crippen molar-refractivity contribution in [3.05, 3.63) is 70.3 Å². The molecular weight excluding hydrogens is 346 g/mol. The van der Waals surface area contributed by atoms with Crippen LogP contribution in [0.5, 0.6) is 0 Å². The number of nitrogen functional groups attached to an aromatic ring is 1. The third kappa shape index (κ3) is 2.07. The second kappa shape index (κ2) is 5.21. The maximum absolute atomic E-state index is 12.4. The van der Waals surface area contributed by atoms with E-state index in [1.807, 2.05) is 24.3 Å². The molecule has 0 unspecified atom stereocenters. The maximum Gasteiger partial charge on any atom is 0.278 e. The standard InChI is InChI=1S/C19H11N5O3/c20-19-22-17-15(18(27)23-19)24(8-21-17)12-7-13(25)16(26)11-6-5-9-3-1-2-4-10(9)14(11)12/h1-8H,(H3,20,22,23,27). The molecular formula is C19H11N5O3. The highest BCUT2D eigenvalue weighted by atomic mass is 16.2. The lowest BCUT2D eigenvalue weighted by Gasteiger charge is -2.19. The number of Topliss-reactive ketones (excluding diaryl/α,β-unsaturated/α-hetero) is 1. The normalized spacial score (nSPS) is 13.9. The first-order valence-electron chi connectivity index (χ1n) is 8.10. The van der Waals surface area contributed by atoms with Crippen molar-refractivity contribution in [1.29, 1.82) is 0 Å². The number of H-pyrrole nitrogens is 1. The molecule has 1 aliphatic rings. The van der Waals surface area contributed by atoms with E-state index in [1.54, 1.807) is 12.1 Å². The summed E-state index contributed by atoms with van der Waals surface area (Å²) in [4.78, 5) is 47.7. The number of rotatable bonds is 1. The van der Waals surface area contributed by atoms with Crippen LogP contribution in [0.3, 0.4) is 0 Å². The number of hydrogen-bond donors (Lipinski definition) is 2. The molecule has 27 heavy (non-hydrogen) atoms. The van der Waals surface area contributed by atoms with Gasteiger partial charge in [-0.2, -0.15) is 4.98 Å². The highest BCUT2D eigenvalue weighted by molar-refractivity contribution is 6.51. The zero-order valence-corrected chi connectivity index (χ0v) is 13.8. The minimum Gasteiger partial charge on any atom is -0.369 e. The Hall–Kier alpha value is -4.07. The van der Waals surface area contributed by atoms with Gasteiger partial charge in [-0.1, -0.05) is 30.3 Å². The molecule has 0 amide bonds. The number of hydrogen-bond acceptors (Lipinski definition) is 6. The first-order valence-corrected chi connectivity index (χ1v) is 8.10. The van der Waals surface area contributed by atoms with E-state index < -0.39 is 17.1 Å². The van der Waals surface area contributed by atoms with Gasteiger partial charge >= 0.3 is 0 Å². The van der Waals surface area contributed by atoms with Crippen LogP contribution in [0, 0.1) is 0 Å². The number of aromatic nitrogens is 4. The minimum absolute atomic E-state index is 0.0486. The van der Waals surface area contributed by atoms with E-state index in [0.717, 1.165) is 10.8 Å². The fourth-order valence-electron chi connectivity index (χ4n) is 3.45. The number of carbonyl (C=O) groups is 2. The smallest absolute Gasteiger partial charge is 0.278 e. The molecule has 8 heteroatoms. The summed E-state index contributed by atoms with van der Waals surface area (Å²) in [6.07, 6.45) is 2.63. The van der Waals surface area contributed by atoms with E-state index in [-0.39, 0.29) is 22.7 Å². The number of nitrogens with two attached hydrogens (primary N) is 1. The number of nitrogens with zero attached hydrogens (tertiary/aromatic N) is 3. The van der Waals surface area contributed by atoms with E-state index in [2.05, 4.69) is 15.0 Å². The van der Waals surface area contributed by atoms with Crippen LogP contribution in [0.15, 0.2) is 53.6 Å². The van der Waals surface area contributed by atoms with Gasteiger partial charge in [0.2, 0.25) is 17.5 Å². The van der Waals surface area contributed by atoms with Gasteiger partial charge in [0.15, 0.2) is 11.2 Å². The number of nitrogens with one attached hydrogen (secondary N) is 1. The van der Waals surface area contributed by atoms with Gasteiger partial charge in [0, 0.05) is 17.2 Å². The first kappa shape index (κ1) is 15.2. The number of anilines is 1. The molecule has 3 N–H and O–H groups in total. The van der Waals surface area contributed by atoms with Gasteiger partial charge in [-0.05, 0) is 16.8 Å². The number of imidazole rings is 1. The number of benzene rings is 2. The zero-order valence-electron chi connectivity index (χ0n) is 13.8.